The van der Waals surface area contributed by atoms with E-state index in [0.29, 0.717) is 19.4 Å². The van der Waals surface area contributed by atoms with E-state index >= 15 is 0 Å². The highest BCUT2D eigenvalue weighted by Crippen LogP contribution is 2.67. The van der Waals surface area contributed by atoms with E-state index in [-0.39, 0.29) is 42.8 Å². The number of hydrogen-bond donors (Lipinski definition) is 1. The van der Waals surface area contributed by atoms with Crippen molar-refractivity contribution in [2.24, 2.45) is 11.8 Å². The molecule has 39 heavy (non-hydrogen) atoms. The molecule has 208 valence electrons. The van der Waals surface area contributed by atoms with Gasteiger partial charge in [0.2, 0.25) is 17.7 Å². The Kier molecular flexibility index (Phi) is 7.56. The van der Waals surface area contributed by atoms with Crippen LogP contribution in [0.25, 0.3) is 11.0 Å². The molecule has 6 atom stereocenters. The molecule has 2 aromatic rings. The van der Waals surface area contributed by atoms with E-state index in [9.17, 15) is 19.5 Å². The molecule has 1 aromatic carbocycles. The molecule has 3 aliphatic rings. The summed E-state index contributed by atoms with van der Waals surface area (Å²) in [6.45, 7) is 10.0. The second kappa shape index (κ2) is 10.8. The van der Waals surface area contributed by atoms with Gasteiger partial charge in [-0.3, -0.25) is 14.4 Å². The molecule has 0 aliphatic carbocycles. The van der Waals surface area contributed by atoms with Crippen LogP contribution < -0.4 is 0 Å². The first-order valence-electron chi connectivity index (χ1n) is 13.5. The standard InChI is InChI=1S/C28H36N6O4S/c1-5-14-31(4)25(36)22-21-12-13-28(39-21)23(22)26(37)34(18(7-3)16-35)24(28)27(38)32(15-6-2)17-33-20-11-9-8-10-19(20)29-30-33/h5-6,8-11,18,21-24,35H,1-2,7,12-17H2,3-4H3/t18-,21-,22+,23-,24?,28?/m0/s1. The van der Waals surface area contributed by atoms with Gasteiger partial charge in [0.25, 0.3) is 0 Å². The number of hydrogen-bond acceptors (Lipinski definition) is 7. The van der Waals surface area contributed by atoms with Crippen molar-refractivity contribution in [2.45, 2.75) is 54.9 Å². The number of benzene rings is 1. The van der Waals surface area contributed by atoms with E-state index in [0.717, 1.165) is 17.5 Å². The largest absolute Gasteiger partial charge is 0.394 e. The highest BCUT2D eigenvalue weighted by atomic mass is 32.2. The smallest absolute Gasteiger partial charge is 0.248 e. The molecule has 11 heteroatoms. The van der Waals surface area contributed by atoms with Gasteiger partial charge in [-0.05, 0) is 31.4 Å². The van der Waals surface area contributed by atoms with E-state index in [4.69, 9.17) is 0 Å². The second-order valence-corrected chi connectivity index (χ2v) is 12.2. The molecule has 0 radical (unpaired) electrons. The molecular weight excluding hydrogens is 516 g/mol. The minimum Gasteiger partial charge on any atom is -0.394 e. The lowest BCUT2D eigenvalue weighted by Gasteiger charge is -2.39. The van der Waals surface area contributed by atoms with Gasteiger partial charge in [-0.25, -0.2) is 4.68 Å². The number of aliphatic hydroxyl groups is 1. The van der Waals surface area contributed by atoms with Gasteiger partial charge in [-0.15, -0.1) is 30.0 Å². The maximum absolute atomic E-state index is 14.5. The van der Waals surface area contributed by atoms with Crippen LogP contribution in [0.2, 0.25) is 0 Å². The van der Waals surface area contributed by atoms with Gasteiger partial charge in [-0.2, -0.15) is 0 Å². The van der Waals surface area contributed by atoms with Crippen molar-refractivity contribution in [3.05, 3.63) is 49.6 Å². The quantitative estimate of drug-likeness (QED) is 0.424. The highest BCUT2D eigenvalue weighted by Gasteiger charge is 2.74. The third kappa shape index (κ3) is 4.26. The van der Waals surface area contributed by atoms with Gasteiger partial charge < -0.3 is 19.8 Å². The first-order valence-corrected chi connectivity index (χ1v) is 14.4. The summed E-state index contributed by atoms with van der Waals surface area (Å²) in [5.41, 5.74) is 1.52. The number of aromatic nitrogens is 3. The van der Waals surface area contributed by atoms with Crippen molar-refractivity contribution in [3.8, 4) is 0 Å². The van der Waals surface area contributed by atoms with Gasteiger partial charge in [0.15, 0.2) is 0 Å². The zero-order valence-corrected chi connectivity index (χ0v) is 23.3. The fraction of sp³-hybridized carbons (Fsp3) is 0.536. The number of amides is 3. The average Bonchev–Trinajstić information content (AvgIpc) is 3.68. The minimum atomic E-state index is -0.806. The van der Waals surface area contributed by atoms with Crippen LogP contribution in [0.1, 0.15) is 26.2 Å². The number of carbonyl (C=O) groups excluding carboxylic acids is 3. The number of para-hydroxylation sites is 1. The van der Waals surface area contributed by atoms with Gasteiger partial charge in [-0.1, -0.05) is 36.4 Å². The van der Waals surface area contributed by atoms with Crippen LogP contribution in [-0.2, 0) is 21.1 Å². The molecule has 3 saturated heterocycles. The highest BCUT2D eigenvalue weighted by molar-refractivity contribution is 8.02. The summed E-state index contributed by atoms with van der Waals surface area (Å²) >= 11 is 1.62. The van der Waals surface area contributed by atoms with Gasteiger partial charge in [0, 0.05) is 25.4 Å². The summed E-state index contributed by atoms with van der Waals surface area (Å²) in [5, 5.41) is 18.7. The lowest BCUT2D eigenvalue weighted by Crippen LogP contribution is -2.57. The summed E-state index contributed by atoms with van der Waals surface area (Å²) in [4.78, 5) is 47.2. The predicted molar refractivity (Wildman–Crippen MR) is 149 cm³/mol. The molecule has 4 heterocycles. The lowest BCUT2D eigenvalue weighted by molar-refractivity contribution is -0.147. The molecular formula is C28H36N6O4S. The van der Waals surface area contributed by atoms with Crippen LogP contribution in [0.3, 0.4) is 0 Å². The van der Waals surface area contributed by atoms with E-state index < -0.39 is 28.7 Å². The Labute approximate surface area is 232 Å². The Morgan fingerprint density at radius 3 is 2.69 bits per heavy atom. The maximum Gasteiger partial charge on any atom is 0.248 e. The molecule has 0 saturated carbocycles. The third-order valence-electron chi connectivity index (χ3n) is 8.50. The van der Waals surface area contributed by atoms with Crippen LogP contribution in [0.15, 0.2) is 49.6 Å². The molecule has 3 aliphatic heterocycles. The summed E-state index contributed by atoms with van der Waals surface area (Å²) in [6, 6.07) is 6.21. The molecule has 10 nitrogen and oxygen atoms in total. The molecule has 1 N–H and O–H groups in total. The van der Waals surface area contributed by atoms with Crippen LogP contribution in [0.5, 0.6) is 0 Å². The summed E-state index contributed by atoms with van der Waals surface area (Å²) in [5.74, 6) is -1.65. The zero-order valence-electron chi connectivity index (χ0n) is 22.5. The van der Waals surface area contributed by atoms with E-state index in [1.54, 1.807) is 50.3 Å². The number of fused-ring (bicyclic) bond motifs is 2. The van der Waals surface area contributed by atoms with Crippen LogP contribution in [0.4, 0.5) is 0 Å². The Hall–Kier alpha value is -3.18. The lowest BCUT2D eigenvalue weighted by atomic mass is 9.70. The number of thioether (sulfide) groups is 1. The van der Waals surface area contributed by atoms with E-state index in [1.165, 1.54) is 0 Å². The Morgan fingerprint density at radius 2 is 2.00 bits per heavy atom. The number of aliphatic hydroxyl groups excluding tert-OH is 1. The first-order chi connectivity index (χ1) is 18.8. The monoisotopic (exact) mass is 552 g/mol. The van der Waals surface area contributed by atoms with E-state index in [1.807, 2.05) is 31.2 Å². The zero-order chi connectivity index (χ0) is 27.9. The van der Waals surface area contributed by atoms with Crippen molar-refractivity contribution in [2.75, 3.05) is 26.7 Å². The number of rotatable bonds is 11. The van der Waals surface area contributed by atoms with E-state index in [2.05, 4.69) is 23.5 Å². The fourth-order valence-corrected chi connectivity index (χ4v) is 8.92. The minimum absolute atomic E-state index is 0.0301. The maximum atomic E-state index is 14.5. The van der Waals surface area contributed by atoms with Crippen molar-refractivity contribution < 1.29 is 19.5 Å². The number of carbonyl (C=O) groups is 3. The van der Waals surface area contributed by atoms with Crippen LogP contribution >= 0.6 is 11.8 Å². The molecule has 3 amide bonds. The third-order valence-corrected chi connectivity index (χ3v) is 10.4. The fourth-order valence-electron chi connectivity index (χ4n) is 6.73. The van der Waals surface area contributed by atoms with Crippen molar-refractivity contribution in [1.82, 2.24) is 29.7 Å². The molecule has 2 unspecified atom stereocenters. The Bertz CT molecular complexity index is 1290. The molecule has 2 bridgehead atoms. The molecule has 3 fully saturated rings. The summed E-state index contributed by atoms with van der Waals surface area (Å²) in [6.07, 6.45) is 5.24. The van der Waals surface area contributed by atoms with Crippen molar-refractivity contribution in [3.63, 3.8) is 0 Å². The normalized spacial score (nSPS) is 28.0. The van der Waals surface area contributed by atoms with Gasteiger partial charge >= 0.3 is 0 Å². The molecule has 5 rings (SSSR count). The topological polar surface area (TPSA) is 112 Å². The van der Waals surface area contributed by atoms with Crippen LogP contribution in [-0.4, -0.2) is 101 Å². The SMILES string of the molecule is C=CCN(C)C(=O)[C@@H]1[C@@H]2CCC3(S2)C(C(=O)N(CC=C)Cn2nnc4ccccc42)N([C@@H](CC)CO)C(=O)[C@H]13. The number of likely N-dealkylation sites (tertiary alicyclic amines) is 1. The van der Waals surface area contributed by atoms with Crippen LogP contribution in [0, 0.1) is 11.8 Å². The van der Waals surface area contributed by atoms with Crippen molar-refractivity contribution in [1.29, 1.82) is 0 Å². The summed E-state index contributed by atoms with van der Waals surface area (Å²) in [7, 11) is 1.73. The number of nitrogens with zero attached hydrogens (tertiary/aromatic N) is 6. The Morgan fingerprint density at radius 1 is 1.26 bits per heavy atom. The second-order valence-electron chi connectivity index (χ2n) is 10.6. The first kappa shape index (κ1) is 27.4. The van der Waals surface area contributed by atoms with Gasteiger partial charge in [0.05, 0.1) is 34.7 Å². The van der Waals surface area contributed by atoms with Gasteiger partial charge in [0.1, 0.15) is 18.2 Å². The molecule has 1 aromatic heterocycles. The number of likely N-dealkylation sites (N-methyl/N-ethyl adjacent to an activating group) is 1. The average molecular weight is 553 g/mol. The summed E-state index contributed by atoms with van der Waals surface area (Å²) < 4.78 is 0.937. The Balaban J connectivity index is 1.54. The van der Waals surface area contributed by atoms with Crippen molar-refractivity contribution >= 4 is 40.5 Å². The predicted octanol–water partition coefficient (Wildman–Crippen LogP) is 1.91. The molecule has 1 spiro atoms.